The number of hydrogen-bond donors (Lipinski definition) is 0. The van der Waals surface area contributed by atoms with Gasteiger partial charge in [-0.25, -0.2) is 8.42 Å². The minimum atomic E-state index is -3.49. The van der Waals surface area contributed by atoms with Gasteiger partial charge in [0.2, 0.25) is 10.0 Å². The van der Waals surface area contributed by atoms with E-state index in [1.54, 1.807) is 18.2 Å². The van der Waals surface area contributed by atoms with Gasteiger partial charge < -0.3 is 14.2 Å². The Hall–Kier alpha value is -0.830. The quantitative estimate of drug-likeness (QED) is 0.601. The van der Waals surface area contributed by atoms with Crippen LogP contribution in [0.1, 0.15) is 13.8 Å². The molecule has 0 N–H and O–H groups in total. The largest absolute Gasteiger partial charge is 0.495 e. The monoisotopic (exact) mass is 395 g/mol. The summed E-state index contributed by atoms with van der Waals surface area (Å²) < 4.78 is 42.3. The van der Waals surface area contributed by atoms with Crippen LogP contribution in [-0.4, -0.2) is 47.8 Å². The van der Waals surface area contributed by atoms with E-state index in [2.05, 4.69) is 15.9 Å². The van der Waals surface area contributed by atoms with Crippen molar-refractivity contribution < 1.29 is 22.6 Å². The van der Waals surface area contributed by atoms with Crippen LogP contribution < -0.4 is 9.04 Å². The van der Waals surface area contributed by atoms with Gasteiger partial charge >= 0.3 is 0 Å². The fraction of sp³-hybridized carbons (Fsp3) is 0.571. The molecule has 1 rings (SSSR count). The number of methoxy groups -OCH3 is 1. The predicted molar refractivity (Wildman–Crippen MR) is 89.9 cm³/mol. The molecule has 0 heterocycles. The summed E-state index contributed by atoms with van der Waals surface area (Å²) in [5, 5.41) is 0. The van der Waals surface area contributed by atoms with Gasteiger partial charge in [-0.15, -0.1) is 0 Å². The van der Waals surface area contributed by atoms with E-state index < -0.39 is 16.3 Å². The Morgan fingerprint density at radius 3 is 2.27 bits per heavy atom. The first-order valence-electron chi connectivity index (χ1n) is 6.87. The van der Waals surface area contributed by atoms with Gasteiger partial charge in [-0.2, -0.15) is 0 Å². The number of nitrogens with zero attached hydrogens (tertiary/aromatic N) is 1. The first kappa shape index (κ1) is 19.2. The van der Waals surface area contributed by atoms with Crippen molar-refractivity contribution in [2.45, 2.75) is 20.1 Å². The fourth-order valence-electron chi connectivity index (χ4n) is 1.90. The molecule has 0 aliphatic rings. The molecule has 0 aliphatic heterocycles. The molecule has 0 radical (unpaired) electrons. The van der Waals surface area contributed by atoms with Crippen molar-refractivity contribution in [2.24, 2.45) is 0 Å². The molecule has 6 nitrogen and oxygen atoms in total. The van der Waals surface area contributed by atoms with E-state index in [9.17, 15) is 8.42 Å². The second kappa shape index (κ2) is 8.71. The zero-order valence-corrected chi connectivity index (χ0v) is 15.6. The molecule has 0 fully saturated rings. The number of hydrogen-bond acceptors (Lipinski definition) is 5. The standard InChI is InChI=1S/C14H22BrNO5S/c1-5-20-14(21-6-2)10-16(22(4,17)18)11-7-8-12(15)13(9-11)19-3/h7-9,14H,5-6,10H2,1-4H3. The van der Waals surface area contributed by atoms with Crippen molar-refractivity contribution in [3.05, 3.63) is 22.7 Å². The van der Waals surface area contributed by atoms with Gasteiger partial charge in [0.1, 0.15) is 5.75 Å². The van der Waals surface area contributed by atoms with Gasteiger partial charge in [0, 0.05) is 19.3 Å². The maximum Gasteiger partial charge on any atom is 0.232 e. The third-order valence-electron chi connectivity index (χ3n) is 2.84. The fourth-order valence-corrected chi connectivity index (χ4v) is 3.19. The van der Waals surface area contributed by atoms with Crippen molar-refractivity contribution in [3.8, 4) is 5.75 Å². The molecule has 22 heavy (non-hydrogen) atoms. The maximum atomic E-state index is 12.1. The summed E-state index contributed by atoms with van der Waals surface area (Å²) in [5.41, 5.74) is 0.493. The zero-order chi connectivity index (χ0) is 16.8. The van der Waals surface area contributed by atoms with Gasteiger partial charge in [-0.05, 0) is 41.9 Å². The molecule has 0 amide bonds. The van der Waals surface area contributed by atoms with Crippen LogP contribution in [0, 0.1) is 0 Å². The topological polar surface area (TPSA) is 65.1 Å². The molecule has 0 saturated heterocycles. The van der Waals surface area contributed by atoms with Crippen molar-refractivity contribution in [1.29, 1.82) is 0 Å². The summed E-state index contributed by atoms with van der Waals surface area (Å²) in [6.07, 6.45) is 0.524. The van der Waals surface area contributed by atoms with Crippen LogP contribution in [0.4, 0.5) is 5.69 Å². The molecule has 0 atom stereocenters. The predicted octanol–water partition coefficient (Wildman–Crippen LogP) is 2.62. The van der Waals surface area contributed by atoms with Crippen molar-refractivity contribution in [1.82, 2.24) is 0 Å². The van der Waals surface area contributed by atoms with E-state index in [4.69, 9.17) is 14.2 Å². The van der Waals surface area contributed by atoms with Gasteiger partial charge in [0.05, 0.1) is 30.1 Å². The SMILES string of the molecule is CCOC(CN(c1ccc(Br)c(OC)c1)S(C)(=O)=O)OCC. The van der Waals surface area contributed by atoms with E-state index in [1.165, 1.54) is 11.4 Å². The van der Waals surface area contributed by atoms with E-state index in [1.807, 2.05) is 13.8 Å². The van der Waals surface area contributed by atoms with Crippen LogP contribution in [0.25, 0.3) is 0 Å². The van der Waals surface area contributed by atoms with Crippen molar-refractivity contribution >= 4 is 31.6 Å². The van der Waals surface area contributed by atoms with Gasteiger partial charge in [-0.1, -0.05) is 0 Å². The van der Waals surface area contributed by atoms with Crippen LogP contribution in [0.5, 0.6) is 5.75 Å². The van der Waals surface area contributed by atoms with Crippen LogP contribution in [-0.2, 0) is 19.5 Å². The van der Waals surface area contributed by atoms with Crippen LogP contribution in [0.2, 0.25) is 0 Å². The number of sulfonamides is 1. The summed E-state index contributed by atoms with van der Waals surface area (Å²) in [6, 6.07) is 5.09. The Balaban J connectivity index is 3.13. The minimum absolute atomic E-state index is 0.0747. The molecule has 0 bridgehead atoms. The number of halogens is 1. The Kier molecular flexibility index (Phi) is 7.61. The lowest BCUT2D eigenvalue weighted by Gasteiger charge is -2.27. The number of benzene rings is 1. The summed E-state index contributed by atoms with van der Waals surface area (Å²) in [6.45, 7) is 4.61. The highest BCUT2D eigenvalue weighted by Crippen LogP contribution is 2.31. The number of ether oxygens (including phenoxy) is 3. The highest BCUT2D eigenvalue weighted by Gasteiger charge is 2.23. The van der Waals surface area contributed by atoms with E-state index in [0.717, 1.165) is 10.7 Å². The second-order valence-corrected chi connectivity index (χ2v) is 7.21. The Labute approximate surface area is 140 Å². The first-order valence-corrected chi connectivity index (χ1v) is 9.52. The number of rotatable bonds is 9. The average molecular weight is 396 g/mol. The molecular formula is C14H22BrNO5S. The Morgan fingerprint density at radius 1 is 1.23 bits per heavy atom. The number of anilines is 1. The van der Waals surface area contributed by atoms with E-state index in [0.29, 0.717) is 24.7 Å². The molecular weight excluding hydrogens is 374 g/mol. The minimum Gasteiger partial charge on any atom is -0.495 e. The molecule has 8 heteroatoms. The van der Waals surface area contributed by atoms with Crippen LogP contribution in [0.3, 0.4) is 0 Å². The lowest BCUT2D eigenvalue weighted by Crippen LogP contribution is -2.39. The molecule has 1 aromatic carbocycles. The summed E-state index contributed by atoms with van der Waals surface area (Å²) in [5.74, 6) is 0.551. The van der Waals surface area contributed by atoms with Gasteiger partial charge in [0.25, 0.3) is 0 Å². The smallest absolute Gasteiger partial charge is 0.232 e. The average Bonchev–Trinajstić information content (AvgIpc) is 2.44. The normalized spacial score (nSPS) is 11.7. The third-order valence-corrected chi connectivity index (χ3v) is 4.66. The molecule has 0 unspecified atom stereocenters. The van der Waals surface area contributed by atoms with Crippen molar-refractivity contribution in [2.75, 3.05) is 37.4 Å². The molecule has 0 aromatic heterocycles. The summed E-state index contributed by atoms with van der Waals surface area (Å²) >= 11 is 3.35. The Bertz CT molecular complexity index is 573. The van der Waals surface area contributed by atoms with Gasteiger partial charge in [-0.3, -0.25) is 4.31 Å². The van der Waals surface area contributed by atoms with Crippen LogP contribution >= 0.6 is 15.9 Å². The van der Waals surface area contributed by atoms with Crippen LogP contribution in [0.15, 0.2) is 22.7 Å². The van der Waals surface area contributed by atoms with Gasteiger partial charge in [0.15, 0.2) is 6.29 Å². The van der Waals surface area contributed by atoms with E-state index in [-0.39, 0.29) is 6.54 Å². The Morgan fingerprint density at radius 2 is 1.82 bits per heavy atom. The molecule has 0 spiro atoms. The summed E-state index contributed by atoms with van der Waals surface area (Å²) in [7, 11) is -1.96. The first-order chi connectivity index (χ1) is 10.3. The molecule has 126 valence electrons. The molecule has 0 saturated carbocycles. The lowest BCUT2D eigenvalue weighted by molar-refractivity contribution is -0.128. The van der Waals surface area contributed by atoms with E-state index >= 15 is 0 Å². The van der Waals surface area contributed by atoms with Crippen molar-refractivity contribution in [3.63, 3.8) is 0 Å². The highest BCUT2D eigenvalue weighted by molar-refractivity contribution is 9.10. The third kappa shape index (κ3) is 5.42. The summed E-state index contributed by atoms with van der Waals surface area (Å²) in [4.78, 5) is 0. The second-order valence-electron chi connectivity index (χ2n) is 4.45. The maximum absolute atomic E-state index is 12.1. The highest BCUT2D eigenvalue weighted by atomic mass is 79.9. The molecule has 1 aromatic rings. The zero-order valence-electron chi connectivity index (χ0n) is 13.2. The lowest BCUT2D eigenvalue weighted by atomic mass is 10.3. The molecule has 0 aliphatic carbocycles.